The summed E-state index contributed by atoms with van der Waals surface area (Å²) in [5.41, 5.74) is 1.27. The Kier molecular flexibility index (Phi) is 7.72. The lowest BCUT2D eigenvalue weighted by Gasteiger charge is -2.34. The quantitative estimate of drug-likeness (QED) is 0.503. The van der Waals surface area contributed by atoms with Crippen LogP contribution in [0.5, 0.6) is 0 Å². The van der Waals surface area contributed by atoms with Crippen LogP contribution in [0.1, 0.15) is 18.1 Å². The molecule has 1 amide bonds. The summed E-state index contributed by atoms with van der Waals surface area (Å²) in [5.74, 6) is -0.430. The maximum atomic E-state index is 13.8. The molecule has 186 valence electrons. The average Bonchev–Trinajstić information content (AvgIpc) is 3.39. The minimum atomic E-state index is -4.50. The van der Waals surface area contributed by atoms with E-state index in [1.165, 1.54) is 12.1 Å². The molecular weight excluding hydrogens is 457 g/mol. The number of alkyl halides is 3. The molecule has 1 fully saturated rings. The van der Waals surface area contributed by atoms with Crippen LogP contribution in [0.25, 0.3) is 5.69 Å². The monoisotopic (exact) mass is 486 g/mol. The van der Waals surface area contributed by atoms with E-state index in [0.29, 0.717) is 0 Å². The van der Waals surface area contributed by atoms with Crippen molar-refractivity contribution in [2.75, 3.05) is 49.9 Å². The zero-order valence-corrected chi connectivity index (χ0v) is 19.6. The number of piperazine rings is 1. The van der Waals surface area contributed by atoms with Gasteiger partial charge in [-0.25, -0.2) is 4.98 Å². The van der Waals surface area contributed by atoms with Crippen molar-refractivity contribution in [1.29, 1.82) is 0 Å². The zero-order chi connectivity index (χ0) is 24.8. The fourth-order valence-electron chi connectivity index (χ4n) is 4.11. The van der Waals surface area contributed by atoms with Gasteiger partial charge in [0.25, 0.3) is 0 Å². The van der Waals surface area contributed by atoms with E-state index in [1.807, 2.05) is 39.9 Å². The Balaban J connectivity index is 1.35. The maximum absolute atomic E-state index is 13.8. The summed E-state index contributed by atoms with van der Waals surface area (Å²) < 4.78 is 43.2. The molecule has 1 saturated heterocycles. The fraction of sp³-hybridized carbons (Fsp3) is 0.360. The molecule has 1 aromatic heterocycles. The van der Waals surface area contributed by atoms with E-state index in [9.17, 15) is 18.0 Å². The van der Waals surface area contributed by atoms with Crippen LogP contribution >= 0.6 is 0 Å². The first kappa shape index (κ1) is 24.7. The number of halogens is 3. The molecule has 0 unspecified atom stereocenters. The topological polar surface area (TPSA) is 65.4 Å². The first-order chi connectivity index (χ1) is 16.8. The van der Waals surface area contributed by atoms with Crippen LogP contribution in [-0.4, -0.2) is 64.5 Å². The van der Waals surface area contributed by atoms with Crippen LogP contribution in [0.15, 0.2) is 61.2 Å². The number of nitrogens with one attached hydrogen (secondary N) is 2. The van der Waals surface area contributed by atoms with Gasteiger partial charge in [-0.3, -0.25) is 9.69 Å². The van der Waals surface area contributed by atoms with Gasteiger partial charge in [-0.2, -0.15) is 13.2 Å². The molecule has 4 rings (SSSR count). The second kappa shape index (κ2) is 10.9. The average molecular weight is 487 g/mol. The van der Waals surface area contributed by atoms with Crippen LogP contribution < -0.4 is 10.6 Å². The summed E-state index contributed by atoms with van der Waals surface area (Å²) in [6, 6.07) is 11.4. The molecule has 0 aliphatic carbocycles. The fourth-order valence-corrected chi connectivity index (χ4v) is 4.11. The lowest BCUT2D eigenvalue weighted by molar-refractivity contribution is -0.138. The van der Waals surface area contributed by atoms with E-state index >= 15 is 0 Å². The Morgan fingerprint density at radius 1 is 1.00 bits per heavy atom. The van der Waals surface area contributed by atoms with Crippen LogP contribution in [0.3, 0.4) is 0 Å². The first-order valence-electron chi connectivity index (χ1n) is 11.6. The molecule has 0 atom stereocenters. The third-order valence-electron chi connectivity index (χ3n) is 6.13. The minimum absolute atomic E-state index is 0.0742. The predicted octanol–water partition coefficient (Wildman–Crippen LogP) is 4.08. The van der Waals surface area contributed by atoms with Crippen molar-refractivity contribution in [2.24, 2.45) is 0 Å². The number of amides is 1. The Labute approximate surface area is 202 Å². The summed E-state index contributed by atoms with van der Waals surface area (Å²) >= 11 is 0. The van der Waals surface area contributed by atoms with Gasteiger partial charge < -0.3 is 20.1 Å². The number of imidazole rings is 1. The van der Waals surface area contributed by atoms with Crippen molar-refractivity contribution in [3.05, 3.63) is 72.3 Å². The molecule has 7 nitrogen and oxygen atoms in total. The Morgan fingerprint density at radius 2 is 1.69 bits per heavy atom. The van der Waals surface area contributed by atoms with Crippen molar-refractivity contribution in [3.63, 3.8) is 0 Å². The van der Waals surface area contributed by atoms with Gasteiger partial charge in [-0.1, -0.05) is 13.0 Å². The molecule has 1 aliphatic rings. The lowest BCUT2D eigenvalue weighted by atomic mass is 10.0. The summed E-state index contributed by atoms with van der Waals surface area (Å²) in [4.78, 5) is 20.7. The highest BCUT2D eigenvalue weighted by atomic mass is 19.4. The highest BCUT2D eigenvalue weighted by molar-refractivity contribution is 5.93. The molecule has 1 aliphatic heterocycles. The number of rotatable bonds is 8. The van der Waals surface area contributed by atoms with Crippen LogP contribution in [0.4, 0.5) is 24.5 Å². The summed E-state index contributed by atoms with van der Waals surface area (Å²) in [6.45, 7) is 6.36. The smallest absolute Gasteiger partial charge is 0.376 e. The summed E-state index contributed by atoms with van der Waals surface area (Å²) in [5, 5.41) is 5.55. The number of benzene rings is 2. The number of aromatic nitrogens is 2. The van der Waals surface area contributed by atoms with Gasteiger partial charge in [-0.05, 0) is 48.5 Å². The maximum Gasteiger partial charge on any atom is 0.416 e. The van der Waals surface area contributed by atoms with Crippen molar-refractivity contribution in [1.82, 2.24) is 19.4 Å². The Bertz CT molecular complexity index is 1110. The first-order valence-corrected chi connectivity index (χ1v) is 11.6. The molecule has 2 aromatic carbocycles. The van der Waals surface area contributed by atoms with Crippen molar-refractivity contribution in [2.45, 2.75) is 19.6 Å². The SMILES string of the molecule is CCN1CCN(Cc2ccc(NC(=O)CNc3ccc(-n4ccnc4)cc3)cc2C(F)(F)F)CC1. The van der Waals surface area contributed by atoms with E-state index < -0.39 is 17.6 Å². The van der Waals surface area contributed by atoms with Gasteiger partial charge in [0.2, 0.25) is 5.91 Å². The number of likely N-dealkylation sites (N-methyl/N-ethyl adjacent to an activating group) is 1. The van der Waals surface area contributed by atoms with E-state index in [-0.39, 0.29) is 24.3 Å². The highest BCUT2D eigenvalue weighted by Crippen LogP contribution is 2.34. The summed E-state index contributed by atoms with van der Waals surface area (Å²) in [7, 11) is 0. The molecule has 2 heterocycles. The van der Waals surface area contributed by atoms with Gasteiger partial charge in [0.05, 0.1) is 18.4 Å². The van der Waals surface area contributed by atoms with Gasteiger partial charge >= 0.3 is 6.18 Å². The third-order valence-corrected chi connectivity index (χ3v) is 6.13. The van der Waals surface area contributed by atoms with Crippen molar-refractivity contribution in [3.8, 4) is 5.69 Å². The molecule has 35 heavy (non-hydrogen) atoms. The predicted molar refractivity (Wildman–Crippen MR) is 130 cm³/mol. The number of hydrogen-bond acceptors (Lipinski definition) is 5. The lowest BCUT2D eigenvalue weighted by Crippen LogP contribution is -2.45. The number of carbonyl (C=O) groups excluding carboxylic acids is 1. The van der Waals surface area contributed by atoms with Gasteiger partial charge in [0.1, 0.15) is 0 Å². The van der Waals surface area contributed by atoms with Gasteiger partial charge in [-0.15, -0.1) is 0 Å². The zero-order valence-electron chi connectivity index (χ0n) is 19.6. The second-order valence-corrected chi connectivity index (χ2v) is 8.50. The third kappa shape index (κ3) is 6.61. The molecule has 2 N–H and O–H groups in total. The van der Waals surface area contributed by atoms with E-state index in [0.717, 1.165) is 50.2 Å². The molecule has 0 saturated carbocycles. The Morgan fingerprint density at radius 3 is 2.31 bits per heavy atom. The van der Waals surface area contributed by atoms with Gasteiger partial charge in [0, 0.05) is 62.2 Å². The van der Waals surface area contributed by atoms with Crippen molar-refractivity contribution >= 4 is 17.3 Å². The molecule has 10 heteroatoms. The summed E-state index contributed by atoms with van der Waals surface area (Å²) in [6.07, 6.45) is 0.683. The number of anilines is 2. The largest absolute Gasteiger partial charge is 0.416 e. The molecule has 0 radical (unpaired) electrons. The molecule has 3 aromatic rings. The van der Waals surface area contributed by atoms with Crippen molar-refractivity contribution < 1.29 is 18.0 Å². The van der Waals surface area contributed by atoms with Crippen LogP contribution in [-0.2, 0) is 17.5 Å². The standard InChI is InChI=1S/C25H29F3N6O/c1-2-32-11-13-33(14-12-32)17-19-3-4-21(15-23(19)25(26,27)28)31-24(35)16-30-20-5-7-22(8-6-20)34-10-9-29-18-34/h3-10,15,18,30H,2,11-14,16-17H2,1H3,(H,31,35). The molecular formula is C25H29F3N6O. The molecule has 0 spiro atoms. The normalized spacial score (nSPS) is 15.2. The molecule has 0 bridgehead atoms. The van der Waals surface area contributed by atoms with E-state index in [1.54, 1.807) is 12.5 Å². The number of carbonyl (C=O) groups is 1. The number of nitrogens with zero attached hydrogens (tertiary/aromatic N) is 4. The second-order valence-electron chi connectivity index (χ2n) is 8.50. The van der Waals surface area contributed by atoms with E-state index in [2.05, 4.69) is 27.4 Å². The van der Waals surface area contributed by atoms with Crippen LogP contribution in [0, 0.1) is 0 Å². The van der Waals surface area contributed by atoms with E-state index in [4.69, 9.17) is 0 Å². The van der Waals surface area contributed by atoms with Gasteiger partial charge in [0.15, 0.2) is 0 Å². The number of hydrogen-bond donors (Lipinski definition) is 2. The minimum Gasteiger partial charge on any atom is -0.376 e. The highest BCUT2D eigenvalue weighted by Gasteiger charge is 2.34. The van der Waals surface area contributed by atoms with Crippen LogP contribution in [0.2, 0.25) is 0 Å². The Hall–Kier alpha value is -3.37.